The third-order valence-electron chi connectivity index (χ3n) is 3.88. The summed E-state index contributed by atoms with van der Waals surface area (Å²) in [5, 5.41) is 0. The fourth-order valence-electron chi connectivity index (χ4n) is 2.66. The first kappa shape index (κ1) is 10.9. The first-order chi connectivity index (χ1) is 8.20. The van der Waals surface area contributed by atoms with Crippen molar-refractivity contribution in [1.29, 1.82) is 0 Å². The lowest BCUT2D eigenvalue weighted by Gasteiger charge is -2.38. The van der Waals surface area contributed by atoms with E-state index < -0.39 is 5.41 Å². The predicted octanol–water partition coefficient (Wildman–Crippen LogP) is 2.47. The number of ether oxygens (including phenoxy) is 2. The minimum absolute atomic E-state index is 0.00829. The van der Waals surface area contributed by atoms with E-state index in [-0.39, 0.29) is 18.2 Å². The zero-order valence-electron chi connectivity index (χ0n) is 9.89. The van der Waals surface area contributed by atoms with E-state index in [1.54, 1.807) is 0 Å². The van der Waals surface area contributed by atoms with Crippen molar-refractivity contribution in [2.75, 3.05) is 6.61 Å². The Labute approximate surface area is 101 Å². The minimum atomic E-state index is -0.425. The van der Waals surface area contributed by atoms with Crippen LogP contribution in [0.4, 0.5) is 0 Å². The summed E-state index contributed by atoms with van der Waals surface area (Å²) in [6, 6.07) is 9.88. The number of Topliss-reactive ketones (excluding diaryl/α,β-unsaturated/α-hetero) is 1. The van der Waals surface area contributed by atoms with Crippen LogP contribution in [0.1, 0.15) is 31.6 Å². The average Bonchev–Trinajstić information content (AvgIpc) is 2.66. The molecule has 0 amide bonds. The van der Waals surface area contributed by atoms with Crippen LogP contribution < -0.4 is 0 Å². The number of hydrogen-bond donors (Lipinski definition) is 0. The van der Waals surface area contributed by atoms with Gasteiger partial charge in [0.2, 0.25) is 0 Å². The second-order valence-corrected chi connectivity index (χ2v) is 5.06. The number of fused-ring (bicyclic) bond motifs is 1. The van der Waals surface area contributed by atoms with Gasteiger partial charge in [0.1, 0.15) is 5.78 Å². The number of hydrogen-bond acceptors (Lipinski definition) is 3. The summed E-state index contributed by atoms with van der Waals surface area (Å²) < 4.78 is 11.6. The maximum atomic E-state index is 11.8. The predicted molar refractivity (Wildman–Crippen MR) is 62.4 cm³/mol. The van der Waals surface area contributed by atoms with E-state index in [1.165, 1.54) is 0 Å². The molecular weight excluding hydrogens is 216 g/mol. The van der Waals surface area contributed by atoms with Gasteiger partial charge in [0, 0.05) is 12.0 Å². The lowest BCUT2D eigenvalue weighted by Crippen LogP contribution is -2.44. The molecule has 3 atom stereocenters. The number of rotatable bonds is 1. The Bertz CT molecular complexity index is 428. The lowest BCUT2D eigenvalue weighted by atomic mass is 9.85. The van der Waals surface area contributed by atoms with Gasteiger partial charge in [0.05, 0.1) is 18.1 Å². The smallest absolute Gasteiger partial charge is 0.184 e. The largest absolute Gasteiger partial charge is 0.347 e. The van der Waals surface area contributed by atoms with Gasteiger partial charge in [-0.2, -0.15) is 0 Å². The van der Waals surface area contributed by atoms with E-state index in [1.807, 2.05) is 37.3 Å². The van der Waals surface area contributed by atoms with E-state index in [9.17, 15) is 4.79 Å². The van der Waals surface area contributed by atoms with Gasteiger partial charge in [-0.25, -0.2) is 0 Å². The number of ketones is 1. The Morgan fingerprint density at radius 1 is 1.29 bits per heavy atom. The first-order valence-corrected chi connectivity index (χ1v) is 6.05. The summed E-state index contributed by atoms with van der Waals surface area (Å²) in [5.41, 5.74) is 0.597. The maximum absolute atomic E-state index is 11.8. The summed E-state index contributed by atoms with van der Waals surface area (Å²) in [6.07, 6.45) is 1.13. The molecule has 1 saturated carbocycles. The summed E-state index contributed by atoms with van der Waals surface area (Å²) >= 11 is 0. The van der Waals surface area contributed by atoms with Gasteiger partial charge in [0.25, 0.3) is 0 Å². The molecule has 1 aliphatic heterocycles. The highest BCUT2D eigenvalue weighted by molar-refractivity contribution is 5.87. The van der Waals surface area contributed by atoms with Crippen molar-refractivity contribution < 1.29 is 14.3 Å². The Morgan fingerprint density at radius 2 is 2.06 bits per heavy atom. The Balaban J connectivity index is 1.80. The third-order valence-corrected chi connectivity index (χ3v) is 3.88. The van der Waals surface area contributed by atoms with Gasteiger partial charge in [-0.15, -0.1) is 0 Å². The SMILES string of the molecule is C[C@]12CO[C@@H](c3ccccc3)O[C@H]1CCC2=O. The highest BCUT2D eigenvalue weighted by Gasteiger charge is 2.51. The van der Waals surface area contributed by atoms with Crippen LogP contribution in [0.25, 0.3) is 0 Å². The molecule has 0 bridgehead atoms. The second-order valence-electron chi connectivity index (χ2n) is 5.06. The van der Waals surface area contributed by atoms with Gasteiger partial charge >= 0.3 is 0 Å². The van der Waals surface area contributed by atoms with E-state index in [0.717, 1.165) is 12.0 Å². The number of carbonyl (C=O) groups is 1. The Morgan fingerprint density at radius 3 is 2.82 bits per heavy atom. The standard InChI is InChI=1S/C14H16O3/c1-14-9-16-13(10-5-3-2-4-6-10)17-12(14)8-7-11(14)15/h2-6,12-13H,7-9H2,1H3/t12-,13+,14+/m0/s1. The molecule has 1 saturated heterocycles. The molecule has 90 valence electrons. The molecule has 0 radical (unpaired) electrons. The van der Waals surface area contributed by atoms with Crippen LogP contribution >= 0.6 is 0 Å². The zero-order valence-corrected chi connectivity index (χ0v) is 9.89. The minimum Gasteiger partial charge on any atom is -0.347 e. The summed E-state index contributed by atoms with van der Waals surface area (Å²) in [6.45, 7) is 2.42. The topological polar surface area (TPSA) is 35.5 Å². The van der Waals surface area contributed by atoms with Crippen LogP contribution in [0, 0.1) is 5.41 Å². The third kappa shape index (κ3) is 1.70. The highest BCUT2D eigenvalue weighted by atomic mass is 16.7. The fraction of sp³-hybridized carbons (Fsp3) is 0.500. The molecule has 2 fully saturated rings. The lowest BCUT2D eigenvalue weighted by molar-refractivity contribution is -0.254. The van der Waals surface area contributed by atoms with Gasteiger partial charge < -0.3 is 9.47 Å². The Hall–Kier alpha value is -1.19. The maximum Gasteiger partial charge on any atom is 0.184 e. The number of carbonyl (C=O) groups excluding carboxylic acids is 1. The molecule has 1 aromatic carbocycles. The molecule has 1 aliphatic carbocycles. The first-order valence-electron chi connectivity index (χ1n) is 6.05. The van der Waals surface area contributed by atoms with Crippen LogP contribution in [0.15, 0.2) is 30.3 Å². The van der Waals surface area contributed by atoms with Gasteiger partial charge in [-0.3, -0.25) is 4.79 Å². The van der Waals surface area contributed by atoms with Crippen LogP contribution in [-0.4, -0.2) is 18.5 Å². The molecule has 0 unspecified atom stereocenters. The molecule has 3 rings (SSSR count). The molecule has 0 N–H and O–H groups in total. The quantitative estimate of drug-likeness (QED) is 0.746. The molecule has 1 aromatic rings. The molecular formula is C14H16O3. The van der Waals surface area contributed by atoms with E-state index in [2.05, 4.69) is 0 Å². The summed E-state index contributed by atoms with van der Waals surface area (Å²) in [5.74, 6) is 0.272. The molecule has 17 heavy (non-hydrogen) atoms. The molecule has 3 nitrogen and oxygen atoms in total. The second kappa shape index (κ2) is 3.93. The van der Waals surface area contributed by atoms with Gasteiger partial charge in [-0.1, -0.05) is 30.3 Å². The van der Waals surface area contributed by atoms with Crippen molar-refractivity contribution in [3.05, 3.63) is 35.9 Å². The van der Waals surface area contributed by atoms with Crippen molar-refractivity contribution >= 4 is 5.78 Å². The molecule has 0 aromatic heterocycles. The fourth-order valence-corrected chi connectivity index (χ4v) is 2.66. The molecule has 2 aliphatic rings. The normalized spacial score (nSPS) is 36.9. The van der Waals surface area contributed by atoms with Crippen LogP contribution in [-0.2, 0) is 14.3 Å². The van der Waals surface area contributed by atoms with Crippen molar-refractivity contribution in [2.45, 2.75) is 32.2 Å². The zero-order chi connectivity index (χ0) is 11.9. The van der Waals surface area contributed by atoms with Crippen molar-refractivity contribution in [1.82, 2.24) is 0 Å². The van der Waals surface area contributed by atoms with E-state index in [0.29, 0.717) is 13.0 Å². The van der Waals surface area contributed by atoms with E-state index >= 15 is 0 Å². The highest BCUT2D eigenvalue weighted by Crippen LogP contribution is 2.44. The van der Waals surface area contributed by atoms with Crippen LogP contribution in [0.5, 0.6) is 0 Å². The van der Waals surface area contributed by atoms with Crippen molar-refractivity contribution in [3.63, 3.8) is 0 Å². The molecule has 3 heteroatoms. The monoisotopic (exact) mass is 232 g/mol. The number of benzene rings is 1. The Kier molecular flexibility index (Phi) is 2.53. The van der Waals surface area contributed by atoms with Crippen LogP contribution in [0.3, 0.4) is 0 Å². The summed E-state index contributed by atoms with van der Waals surface area (Å²) in [4.78, 5) is 11.8. The van der Waals surface area contributed by atoms with Gasteiger partial charge in [0.15, 0.2) is 6.29 Å². The van der Waals surface area contributed by atoms with Crippen molar-refractivity contribution in [2.24, 2.45) is 5.41 Å². The average molecular weight is 232 g/mol. The molecule has 1 heterocycles. The van der Waals surface area contributed by atoms with Crippen molar-refractivity contribution in [3.8, 4) is 0 Å². The van der Waals surface area contributed by atoms with Crippen LogP contribution in [0.2, 0.25) is 0 Å². The summed E-state index contributed by atoms with van der Waals surface area (Å²) in [7, 11) is 0. The molecule has 0 spiro atoms. The van der Waals surface area contributed by atoms with E-state index in [4.69, 9.17) is 9.47 Å². The van der Waals surface area contributed by atoms with Gasteiger partial charge in [-0.05, 0) is 13.3 Å².